The second kappa shape index (κ2) is 3.80. The lowest BCUT2D eigenvalue weighted by molar-refractivity contribution is 1.39. The van der Waals surface area contributed by atoms with Gasteiger partial charge >= 0.3 is 0 Å². The van der Waals surface area contributed by atoms with Gasteiger partial charge in [0.15, 0.2) is 0 Å². The van der Waals surface area contributed by atoms with E-state index in [-0.39, 0.29) is 0 Å². The van der Waals surface area contributed by atoms with Crippen molar-refractivity contribution in [2.45, 2.75) is 0 Å². The summed E-state index contributed by atoms with van der Waals surface area (Å²) in [4.78, 5) is 0. The molecule has 1 aromatic heterocycles. The number of rotatable bonds is 1. The molecule has 0 aliphatic heterocycles. The van der Waals surface area contributed by atoms with Gasteiger partial charge in [-0.3, -0.25) is 3.59 Å². The van der Waals surface area contributed by atoms with E-state index in [1.54, 1.807) is 0 Å². The lowest BCUT2D eigenvalue weighted by atomic mass is 10.0. The lowest BCUT2D eigenvalue weighted by Gasteiger charge is -2.02. The van der Waals surface area contributed by atoms with Crippen LogP contribution >= 0.6 is 16.1 Å². The number of nitrogens with zero attached hydrogens (tertiary/aromatic N) is 1. The van der Waals surface area contributed by atoms with E-state index in [0.29, 0.717) is 0 Å². The molecule has 0 aliphatic rings. The maximum Gasteiger partial charge on any atom is 0.0597 e. The molecule has 1 nitrogen and oxygen atoms in total. The number of hydrogen-bond donors (Lipinski definition) is 0. The van der Waals surface area contributed by atoms with Crippen LogP contribution < -0.4 is 0 Å². The molecule has 0 unspecified atom stereocenters. The summed E-state index contributed by atoms with van der Waals surface area (Å²) in [5, 5.41) is 1.25. The van der Waals surface area contributed by atoms with Crippen molar-refractivity contribution in [2.24, 2.45) is 0 Å². The van der Waals surface area contributed by atoms with Crippen LogP contribution in [0.5, 0.6) is 0 Å². The predicted molar refractivity (Wildman–Crippen MR) is 71.7 cm³/mol. The molecule has 3 aromatic rings. The number of aromatic nitrogens is 1. The zero-order chi connectivity index (χ0) is 11.0. The van der Waals surface area contributed by atoms with Gasteiger partial charge in [0.05, 0.1) is 21.7 Å². The fourth-order valence-electron chi connectivity index (χ4n) is 1.91. The van der Waals surface area contributed by atoms with E-state index in [1.165, 1.54) is 22.0 Å². The highest BCUT2D eigenvalue weighted by molar-refractivity contribution is 9.08. The van der Waals surface area contributed by atoms with Crippen molar-refractivity contribution in [1.29, 1.82) is 0 Å². The predicted octanol–water partition coefficient (Wildman–Crippen LogP) is 4.47. The summed E-state index contributed by atoms with van der Waals surface area (Å²) in [5.74, 6) is 0. The van der Waals surface area contributed by atoms with E-state index < -0.39 is 0 Å². The van der Waals surface area contributed by atoms with Crippen molar-refractivity contribution < 1.29 is 0 Å². The summed E-state index contributed by atoms with van der Waals surface area (Å²) in [7, 11) is 0. The van der Waals surface area contributed by atoms with Crippen molar-refractivity contribution >= 4 is 27.1 Å². The normalized spacial score (nSPS) is 10.8. The Hall–Kier alpha value is -1.54. The molecular formula is C14H10BrN. The summed E-state index contributed by atoms with van der Waals surface area (Å²) < 4.78 is 1.97. The van der Waals surface area contributed by atoms with Gasteiger partial charge in [-0.05, 0) is 23.3 Å². The average molecular weight is 272 g/mol. The first-order chi connectivity index (χ1) is 7.84. The van der Waals surface area contributed by atoms with Crippen LogP contribution in [0.1, 0.15) is 0 Å². The molecule has 1 heterocycles. The van der Waals surface area contributed by atoms with Crippen molar-refractivity contribution in [3.05, 3.63) is 60.8 Å². The van der Waals surface area contributed by atoms with Gasteiger partial charge in [0, 0.05) is 11.6 Å². The molecule has 0 amide bonds. The van der Waals surface area contributed by atoms with Crippen molar-refractivity contribution in [3.63, 3.8) is 0 Å². The van der Waals surface area contributed by atoms with Crippen LogP contribution in [-0.2, 0) is 0 Å². The van der Waals surface area contributed by atoms with E-state index >= 15 is 0 Å². The monoisotopic (exact) mass is 271 g/mol. The lowest BCUT2D eigenvalue weighted by Crippen LogP contribution is -1.79. The van der Waals surface area contributed by atoms with Gasteiger partial charge in [0.1, 0.15) is 0 Å². The van der Waals surface area contributed by atoms with Gasteiger partial charge in [-0.1, -0.05) is 42.5 Å². The molecule has 0 N–H and O–H groups in total. The van der Waals surface area contributed by atoms with Crippen molar-refractivity contribution in [3.8, 4) is 11.1 Å². The van der Waals surface area contributed by atoms with Crippen LogP contribution in [0.2, 0.25) is 0 Å². The van der Waals surface area contributed by atoms with Crippen LogP contribution in [0, 0.1) is 0 Å². The third-order valence-corrected chi connectivity index (χ3v) is 3.37. The average Bonchev–Trinajstić information content (AvgIpc) is 2.72. The first-order valence-corrected chi connectivity index (χ1v) is 5.88. The Morgan fingerprint density at radius 3 is 2.44 bits per heavy atom. The summed E-state index contributed by atoms with van der Waals surface area (Å²) in [6.07, 6.45) is 2.01. The number of hydrogen-bond acceptors (Lipinski definition) is 0. The van der Waals surface area contributed by atoms with E-state index in [2.05, 4.69) is 64.7 Å². The largest absolute Gasteiger partial charge is 0.284 e. The van der Waals surface area contributed by atoms with Gasteiger partial charge in [-0.2, -0.15) is 0 Å². The highest BCUT2D eigenvalue weighted by Gasteiger charge is 2.01. The molecule has 78 valence electrons. The molecule has 16 heavy (non-hydrogen) atoms. The summed E-state index contributed by atoms with van der Waals surface area (Å²) >= 11 is 3.49. The maximum absolute atomic E-state index is 3.49. The van der Waals surface area contributed by atoms with E-state index in [9.17, 15) is 0 Å². The molecule has 3 rings (SSSR count). The molecule has 0 aliphatic carbocycles. The van der Waals surface area contributed by atoms with Gasteiger partial charge < -0.3 is 0 Å². The third-order valence-electron chi connectivity index (χ3n) is 2.75. The molecule has 0 saturated heterocycles. The van der Waals surface area contributed by atoms with Crippen LogP contribution in [0.25, 0.3) is 22.0 Å². The van der Waals surface area contributed by atoms with Crippen LogP contribution in [-0.4, -0.2) is 3.59 Å². The topological polar surface area (TPSA) is 4.93 Å². The minimum atomic E-state index is 1.20. The smallest absolute Gasteiger partial charge is 0.0597 e. The Morgan fingerprint density at radius 2 is 1.62 bits per heavy atom. The number of fused-ring (bicyclic) bond motifs is 1. The second-order valence-electron chi connectivity index (χ2n) is 3.77. The van der Waals surface area contributed by atoms with Crippen LogP contribution in [0.3, 0.4) is 0 Å². The van der Waals surface area contributed by atoms with Gasteiger partial charge in [-0.15, -0.1) is 0 Å². The standard InChI is InChI=1S/C14H10BrN/c15-16-9-8-12-6-7-13(10-14(12)16)11-4-2-1-3-5-11/h1-10H. The quantitative estimate of drug-likeness (QED) is 0.616. The Morgan fingerprint density at radius 1 is 0.812 bits per heavy atom. The number of benzene rings is 2. The molecule has 0 fully saturated rings. The van der Waals surface area contributed by atoms with Crippen molar-refractivity contribution in [1.82, 2.24) is 3.59 Å². The van der Waals surface area contributed by atoms with Crippen LogP contribution in [0.4, 0.5) is 0 Å². The van der Waals surface area contributed by atoms with E-state index in [1.807, 2.05) is 15.9 Å². The van der Waals surface area contributed by atoms with Crippen LogP contribution in [0.15, 0.2) is 60.8 Å². The Kier molecular flexibility index (Phi) is 2.29. The number of halogens is 1. The first kappa shape index (κ1) is 9.67. The first-order valence-electron chi connectivity index (χ1n) is 5.17. The molecule has 0 saturated carbocycles. The molecule has 0 atom stereocenters. The minimum absolute atomic E-state index is 1.20. The zero-order valence-corrected chi connectivity index (χ0v) is 10.2. The SMILES string of the molecule is Brn1ccc2ccc(-c3ccccc3)cc21. The Balaban J connectivity index is 2.22. The zero-order valence-electron chi connectivity index (χ0n) is 8.60. The van der Waals surface area contributed by atoms with Gasteiger partial charge in [0.2, 0.25) is 0 Å². The molecular weight excluding hydrogens is 262 g/mol. The molecule has 0 spiro atoms. The maximum atomic E-state index is 3.49. The Bertz CT molecular complexity index is 626. The highest BCUT2D eigenvalue weighted by Crippen LogP contribution is 2.25. The highest BCUT2D eigenvalue weighted by atomic mass is 79.9. The van der Waals surface area contributed by atoms with E-state index in [0.717, 1.165) is 0 Å². The fourth-order valence-corrected chi connectivity index (χ4v) is 2.33. The summed E-state index contributed by atoms with van der Waals surface area (Å²) in [6.45, 7) is 0. The van der Waals surface area contributed by atoms with Crippen molar-refractivity contribution in [2.75, 3.05) is 0 Å². The second-order valence-corrected chi connectivity index (χ2v) is 4.53. The summed E-state index contributed by atoms with van der Waals surface area (Å²) in [6, 6.07) is 19.0. The molecule has 2 aromatic carbocycles. The fraction of sp³-hybridized carbons (Fsp3) is 0. The third kappa shape index (κ3) is 1.55. The van der Waals surface area contributed by atoms with E-state index in [4.69, 9.17) is 0 Å². The summed E-state index contributed by atoms with van der Waals surface area (Å²) in [5.41, 5.74) is 3.69. The molecule has 2 heteroatoms. The Labute approximate surface area is 103 Å². The molecule has 0 radical (unpaired) electrons. The van der Waals surface area contributed by atoms with Gasteiger partial charge in [0.25, 0.3) is 0 Å². The molecule has 0 bridgehead atoms. The van der Waals surface area contributed by atoms with Gasteiger partial charge in [-0.25, -0.2) is 0 Å². The minimum Gasteiger partial charge on any atom is -0.284 e.